The Bertz CT molecular complexity index is 1130. The highest BCUT2D eigenvalue weighted by Gasteiger charge is 2.14. The summed E-state index contributed by atoms with van der Waals surface area (Å²) in [5, 5.41) is 23.5. The van der Waals surface area contributed by atoms with Crippen molar-refractivity contribution >= 4 is 29.3 Å². The summed E-state index contributed by atoms with van der Waals surface area (Å²) in [4.78, 5) is 17.3. The Labute approximate surface area is 184 Å². The first-order valence-electron chi connectivity index (χ1n) is 9.75. The Kier molecular flexibility index (Phi) is 7.38. The maximum absolute atomic E-state index is 13.9. The molecule has 0 fully saturated rings. The molecule has 0 aliphatic rings. The minimum atomic E-state index is -0.457. The molecule has 3 aromatic rings. The Morgan fingerprint density at radius 3 is 2.81 bits per heavy atom. The van der Waals surface area contributed by atoms with Gasteiger partial charge in [-0.15, -0.1) is 0 Å². The summed E-state index contributed by atoms with van der Waals surface area (Å²) in [6.45, 7) is 2.04. The van der Waals surface area contributed by atoms with Crippen LogP contribution in [-0.4, -0.2) is 33.5 Å². The van der Waals surface area contributed by atoms with E-state index in [2.05, 4.69) is 15.6 Å². The third kappa shape index (κ3) is 5.10. The molecular weight excluding hydrogens is 421 g/mol. The number of anilines is 2. The molecule has 0 spiro atoms. The lowest BCUT2D eigenvalue weighted by molar-refractivity contribution is 0.271. The molecule has 0 saturated carbocycles. The molecular formula is C22H23ClFN5O2. The minimum absolute atomic E-state index is 0.0591. The van der Waals surface area contributed by atoms with Crippen molar-refractivity contribution in [3.8, 4) is 5.69 Å². The summed E-state index contributed by atoms with van der Waals surface area (Å²) in [5.41, 5.74) is 0.907. The van der Waals surface area contributed by atoms with Crippen LogP contribution in [0.25, 0.3) is 5.69 Å². The fraction of sp³-hybridized carbons (Fsp3) is 0.227. The maximum atomic E-state index is 13.9. The van der Waals surface area contributed by atoms with Gasteiger partial charge in [-0.05, 0) is 18.6 Å². The lowest BCUT2D eigenvalue weighted by Gasteiger charge is -2.17. The Hall–Kier alpha value is -3.23. The quantitative estimate of drug-likeness (QED) is 0.376. The zero-order valence-corrected chi connectivity index (χ0v) is 17.7. The molecule has 2 heterocycles. The van der Waals surface area contributed by atoms with E-state index in [-0.39, 0.29) is 35.6 Å². The summed E-state index contributed by atoms with van der Waals surface area (Å²) in [5.74, 6) is 0.113. The normalized spacial score (nSPS) is 11.7. The summed E-state index contributed by atoms with van der Waals surface area (Å²) >= 11 is 6.29. The first-order chi connectivity index (χ1) is 15.0. The number of pyridine rings is 2. The predicted octanol–water partition coefficient (Wildman–Crippen LogP) is 3.82. The number of aromatic nitrogens is 2. The molecule has 1 atom stereocenters. The SMILES string of the molecule is CC[C@@H](CO)Nc1cc(-n2ccc(NCc3ccccc3F)c(C=N)c2=O)c(Cl)cn1. The van der Waals surface area contributed by atoms with E-state index < -0.39 is 5.56 Å². The third-order valence-electron chi connectivity index (χ3n) is 4.86. The van der Waals surface area contributed by atoms with Gasteiger partial charge >= 0.3 is 0 Å². The van der Waals surface area contributed by atoms with E-state index in [0.29, 0.717) is 29.2 Å². The van der Waals surface area contributed by atoms with Crippen LogP contribution in [0.2, 0.25) is 5.02 Å². The van der Waals surface area contributed by atoms with Crippen molar-refractivity contribution in [2.75, 3.05) is 17.2 Å². The van der Waals surface area contributed by atoms with Gasteiger partial charge in [-0.2, -0.15) is 0 Å². The van der Waals surface area contributed by atoms with Gasteiger partial charge in [0, 0.05) is 30.6 Å². The average molecular weight is 444 g/mol. The van der Waals surface area contributed by atoms with Crippen LogP contribution in [0.15, 0.2) is 53.6 Å². The lowest BCUT2D eigenvalue weighted by Crippen LogP contribution is -2.25. The monoisotopic (exact) mass is 443 g/mol. The fourth-order valence-electron chi connectivity index (χ4n) is 3.04. The van der Waals surface area contributed by atoms with E-state index >= 15 is 0 Å². The molecule has 1 aromatic carbocycles. The highest BCUT2D eigenvalue weighted by atomic mass is 35.5. The highest BCUT2D eigenvalue weighted by molar-refractivity contribution is 6.32. The molecule has 0 unspecified atom stereocenters. The Morgan fingerprint density at radius 1 is 1.35 bits per heavy atom. The number of aliphatic hydroxyl groups is 1. The van der Waals surface area contributed by atoms with Gasteiger partial charge in [-0.3, -0.25) is 9.36 Å². The second-order valence-corrected chi connectivity index (χ2v) is 7.27. The van der Waals surface area contributed by atoms with E-state index in [4.69, 9.17) is 17.0 Å². The van der Waals surface area contributed by atoms with Gasteiger partial charge in [0.05, 0.1) is 40.8 Å². The van der Waals surface area contributed by atoms with Crippen LogP contribution in [0.4, 0.5) is 15.9 Å². The number of benzene rings is 1. The maximum Gasteiger partial charge on any atom is 0.266 e. The molecule has 0 aliphatic carbocycles. The largest absolute Gasteiger partial charge is 0.394 e. The highest BCUT2D eigenvalue weighted by Crippen LogP contribution is 2.23. The number of nitrogens with zero attached hydrogens (tertiary/aromatic N) is 2. The van der Waals surface area contributed by atoms with Crippen LogP contribution in [0, 0.1) is 11.2 Å². The summed E-state index contributed by atoms with van der Waals surface area (Å²) in [7, 11) is 0. The Morgan fingerprint density at radius 2 is 2.13 bits per heavy atom. The molecule has 7 nitrogen and oxygen atoms in total. The second kappa shape index (κ2) is 10.2. The van der Waals surface area contributed by atoms with E-state index in [1.165, 1.54) is 23.0 Å². The van der Waals surface area contributed by atoms with Crippen molar-refractivity contribution in [1.82, 2.24) is 9.55 Å². The zero-order valence-electron chi connectivity index (χ0n) is 16.9. The van der Waals surface area contributed by atoms with Gasteiger partial charge in [-0.25, -0.2) is 9.37 Å². The van der Waals surface area contributed by atoms with Crippen LogP contribution in [0.3, 0.4) is 0 Å². The Balaban J connectivity index is 1.94. The standard InChI is InChI=1S/C22H23ClFN5O2/c1-2-15(13-30)28-21-9-20(17(23)12-27-21)29-8-7-19(16(10-25)22(29)31)26-11-14-5-3-4-6-18(14)24/h3-10,12,15,25-26,30H,2,11,13H2,1H3,(H,27,28)/t15-/m0/s1. The van der Waals surface area contributed by atoms with Gasteiger partial charge in [-0.1, -0.05) is 36.7 Å². The van der Waals surface area contributed by atoms with E-state index in [1.54, 1.807) is 30.3 Å². The van der Waals surface area contributed by atoms with Crippen LogP contribution < -0.4 is 16.2 Å². The molecule has 0 radical (unpaired) electrons. The summed E-state index contributed by atoms with van der Waals surface area (Å²) < 4.78 is 15.2. The predicted molar refractivity (Wildman–Crippen MR) is 121 cm³/mol. The van der Waals surface area contributed by atoms with Crippen molar-refractivity contribution in [2.24, 2.45) is 0 Å². The van der Waals surface area contributed by atoms with Gasteiger partial charge in [0.2, 0.25) is 0 Å². The number of halogens is 2. The zero-order chi connectivity index (χ0) is 22.4. The number of hydrogen-bond acceptors (Lipinski definition) is 6. The van der Waals surface area contributed by atoms with Crippen LogP contribution in [0.5, 0.6) is 0 Å². The fourth-order valence-corrected chi connectivity index (χ4v) is 3.24. The molecule has 0 amide bonds. The molecule has 0 saturated heterocycles. The summed E-state index contributed by atoms with van der Waals surface area (Å²) in [6.07, 6.45) is 4.60. The van der Waals surface area contributed by atoms with Gasteiger partial charge in [0.15, 0.2) is 0 Å². The smallest absolute Gasteiger partial charge is 0.266 e. The van der Waals surface area contributed by atoms with Crippen molar-refractivity contribution in [2.45, 2.75) is 25.9 Å². The molecule has 2 aromatic heterocycles. The topological polar surface area (TPSA) is 103 Å². The summed E-state index contributed by atoms with van der Waals surface area (Å²) in [6, 6.07) is 9.41. The van der Waals surface area contributed by atoms with E-state index in [1.807, 2.05) is 6.92 Å². The van der Waals surface area contributed by atoms with Crippen LogP contribution >= 0.6 is 11.6 Å². The van der Waals surface area contributed by atoms with Crippen LogP contribution in [-0.2, 0) is 6.54 Å². The van der Waals surface area contributed by atoms with Crippen LogP contribution in [0.1, 0.15) is 24.5 Å². The molecule has 3 rings (SSSR count). The number of aliphatic hydroxyl groups excluding tert-OH is 1. The number of rotatable bonds is 9. The third-order valence-corrected chi connectivity index (χ3v) is 5.15. The van der Waals surface area contributed by atoms with Crippen molar-refractivity contribution in [3.05, 3.63) is 81.1 Å². The molecule has 162 valence electrons. The second-order valence-electron chi connectivity index (χ2n) is 6.86. The van der Waals surface area contributed by atoms with Crippen molar-refractivity contribution in [3.63, 3.8) is 0 Å². The average Bonchev–Trinajstić information content (AvgIpc) is 2.78. The van der Waals surface area contributed by atoms with Crippen molar-refractivity contribution < 1.29 is 9.50 Å². The first-order valence-corrected chi connectivity index (χ1v) is 10.1. The van der Waals surface area contributed by atoms with E-state index in [0.717, 1.165) is 6.21 Å². The van der Waals surface area contributed by atoms with Gasteiger partial charge in [0.1, 0.15) is 11.6 Å². The number of nitrogens with one attached hydrogen (secondary N) is 3. The molecule has 31 heavy (non-hydrogen) atoms. The minimum Gasteiger partial charge on any atom is -0.394 e. The van der Waals surface area contributed by atoms with Gasteiger partial charge < -0.3 is 21.1 Å². The molecule has 0 bridgehead atoms. The molecule has 0 aliphatic heterocycles. The number of hydrogen-bond donors (Lipinski definition) is 4. The lowest BCUT2D eigenvalue weighted by atomic mass is 10.2. The molecule has 9 heteroatoms. The first kappa shape index (κ1) is 22.5. The molecule has 4 N–H and O–H groups in total. The van der Waals surface area contributed by atoms with Crippen molar-refractivity contribution in [1.29, 1.82) is 5.41 Å². The van der Waals surface area contributed by atoms with Gasteiger partial charge in [0.25, 0.3) is 5.56 Å². The van der Waals surface area contributed by atoms with E-state index in [9.17, 15) is 14.3 Å².